The van der Waals surface area contributed by atoms with Crippen LogP contribution in [-0.4, -0.2) is 30.7 Å². The number of aryl methyl sites for hydroxylation is 1. The van der Waals surface area contributed by atoms with Gasteiger partial charge in [-0.3, -0.25) is 9.20 Å². The summed E-state index contributed by atoms with van der Waals surface area (Å²) in [5, 5.41) is 16.3. The fourth-order valence-corrected chi connectivity index (χ4v) is 1.52. The molecule has 0 atom stereocenters. The highest BCUT2D eigenvalue weighted by Gasteiger charge is 2.07. The van der Waals surface area contributed by atoms with Gasteiger partial charge in [-0.2, -0.15) is 0 Å². The van der Waals surface area contributed by atoms with Crippen molar-refractivity contribution in [2.75, 3.05) is 0 Å². The molecule has 78 valence electrons. The van der Waals surface area contributed by atoms with Crippen LogP contribution in [0.1, 0.15) is 12.2 Å². The third-order valence-electron chi connectivity index (χ3n) is 1.89. The topological polar surface area (TPSA) is 80.4 Å². The summed E-state index contributed by atoms with van der Waals surface area (Å²) < 4.78 is 2.38. The highest BCUT2D eigenvalue weighted by atomic mass is 79.9. The maximum Gasteiger partial charge on any atom is 0.303 e. The third kappa shape index (κ3) is 2.12. The van der Waals surface area contributed by atoms with Crippen LogP contribution in [0.15, 0.2) is 17.0 Å². The van der Waals surface area contributed by atoms with Gasteiger partial charge in [0.1, 0.15) is 10.4 Å². The molecule has 0 aromatic carbocycles. The Labute approximate surface area is 93.1 Å². The van der Waals surface area contributed by atoms with Gasteiger partial charge in [0.05, 0.1) is 12.6 Å². The molecule has 2 aromatic rings. The van der Waals surface area contributed by atoms with Gasteiger partial charge < -0.3 is 5.11 Å². The lowest BCUT2D eigenvalue weighted by atomic mass is 10.3. The molecule has 0 aliphatic rings. The second kappa shape index (κ2) is 3.93. The van der Waals surface area contributed by atoms with E-state index in [0.717, 1.165) is 0 Å². The molecular formula is C8H7BrN4O2. The van der Waals surface area contributed by atoms with Crippen molar-refractivity contribution in [2.24, 2.45) is 0 Å². The van der Waals surface area contributed by atoms with Gasteiger partial charge in [-0.15, -0.1) is 10.2 Å². The van der Waals surface area contributed by atoms with Crippen molar-refractivity contribution in [1.29, 1.82) is 0 Å². The van der Waals surface area contributed by atoms with E-state index in [2.05, 4.69) is 31.1 Å². The number of aliphatic carboxylic acids is 1. The zero-order valence-corrected chi connectivity index (χ0v) is 9.18. The zero-order chi connectivity index (χ0) is 10.8. The molecule has 0 unspecified atom stereocenters. The van der Waals surface area contributed by atoms with Crippen molar-refractivity contribution < 1.29 is 9.90 Å². The minimum atomic E-state index is -0.847. The van der Waals surface area contributed by atoms with Crippen molar-refractivity contribution in [3.63, 3.8) is 0 Å². The standard InChI is InChI=1S/C8H7BrN4O2/c9-5-4-13-6(1-2-8(14)15)11-12-7(13)3-10-5/h3-4H,1-2H2,(H,14,15). The lowest BCUT2D eigenvalue weighted by molar-refractivity contribution is -0.137. The molecule has 2 rings (SSSR count). The van der Waals surface area contributed by atoms with Gasteiger partial charge >= 0.3 is 5.97 Å². The number of aromatic nitrogens is 4. The monoisotopic (exact) mass is 270 g/mol. The van der Waals surface area contributed by atoms with E-state index in [4.69, 9.17) is 5.11 Å². The molecule has 15 heavy (non-hydrogen) atoms. The molecule has 0 aliphatic carbocycles. The lowest BCUT2D eigenvalue weighted by Crippen LogP contribution is -2.01. The van der Waals surface area contributed by atoms with Crippen LogP contribution in [0, 0.1) is 0 Å². The molecule has 0 spiro atoms. The first-order valence-electron chi connectivity index (χ1n) is 4.24. The third-order valence-corrected chi connectivity index (χ3v) is 2.30. The van der Waals surface area contributed by atoms with Crippen molar-refractivity contribution in [3.8, 4) is 0 Å². The highest BCUT2D eigenvalue weighted by Crippen LogP contribution is 2.09. The number of nitrogens with zero attached hydrogens (tertiary/aromatic N) is 4. The Morgan fingerprint density at radius 2 is 2.33 bits per heavy atom. The maximum atomic E-state index is 10.4. The quantitative estimate of drug-likeness (QED) is 0.897. The van der Waals surface area contributed by atoms with Crippen molar-refractivity contribution in [2.45, 2.75) is 12.8 Å². The first kappa shape index (κ1) is 10.0. The summed E-state index contributed by atoms with van der Waals surface area (Å²) in [6.07, 6.45) is 3.68. The van der Waals surface area contributed by atoms with Crippen molar-refractivity contribution in [3.05, 3.63) is 22.8 Å². The molecule has 6 nitrogen and oxygen atoms in total. The molecule has 0 saturated heterocycles. The van der Waals surface area contributed by atoms with Crippen LogP contribution in [-0.2, 0) is 11.2 Å². The molecule has 2 aromatic heterocycles. The number of hydrogen-bond acceptors (Lipinski definition) is 4. The number of carbonyl (C=O) groups is 1. The van der Waals surface area contributed by atoms with Crippen LogP contribution in [0.3, 0.4) is 0 Å². The Bertz CT molecular complexity index is 510. The van der Waals surface area contributed by atoms with E-state index in [1.807, 2.05) is 0 Å². The predicted octanol–water partition coefficient (Wildman–Crippen LogP) is 0.904. The fraction of sp³-hybridized carbons (Fsp3) is 0.250. The average Bonchev–Trinajstić information content (AvgIpc) is 2.57. The van der Waals surface area contributed by atoms with E-state index in [1.165, 1.54) is 0 Å². The van der Waals surface area contributed by atoms with E-state index in [9.17, 15) is 4.79 Å². The Morgan fingerprint density at radius 3 is 3.07 bits per heavy atom. The van der Waals surface area contributed by atoms with Gasteiger partial charge in [0.15, 0.2) is 5.65 Å². The summed E-state index contributed by atoms with van der Waals surface area (Å²) in [7, 11) is 0. The van der Waals surface area contributed by atoms with Gasteiger partial charge in [0.2, 0.25) is 0 Å². The second-order valence-corrected chi connectivity index (χ2v) is 3.76. The minimum Gasteiger partial charge on any atom is -0.481 e. The SMILES string of the molecule is O=C(O)CCc1nnc2cnc(Br)cn12. The van der Waals surface area contributed by atoms with Gasteiger partial charge in [0.25, 0.3) is 0 Å². The highest BCUT2D eigenvalue weighted by molar-refractivity contribution is 9.10. The van der Waals surface area contributed by atoms with Gasteiger partial charge in [-0.25, -0.2) is 4.98 Å². The van der Waals surface area contributed by atoms with E-state index in [-0.39, 0.29) is 6.42 Å². The molecule has 7 heteroatoms. The summed E-state index contributed by atoms with van der Waals surface area (Å²) in [5.41, 5.74) is 0.610. The van der Waals surface area contributed by atoms with Crippen LogP contribution >= 0.6 is 15.9 Å². The number of fused-ring (bicyclic) bond motifs is 1. The molecule has 1 N–H and O–H groups in total. The maximum absolute atomic E-state index is 10.4. The molecular weight excluding hydrogens is 264 g/mol. The Balaban J connectivity index is 2.35. The zero-order valence-electron chi connectivity index (χ0n) is 7.59. The number of carboxylic acid groups (broad SMARTS) is 1. The molecule has 0 aliphatic heterocycles. The molecule has 0 fully saturated rings. The van der Waals surface area contributed by atoms with Crippen LogP contribution in [0.25, 0.3) is 5.65 Å². The largest absolute Gasteiger partial charge is 0.481 e. The van der Waals surface area contributed by atoms with Crippen LogP contribution in [0.4, 0.5) is 0 Å². The van der Waals surface area contributed by atoms with E-state index < -0.39 is 5.97 Å². The number of carboxylic acids is 1. The Kier molecular flexibility index (Phi) is 2.63. The van der Waals surface area contributed by atoms with E-state index in [1.54, 1.807) is 16.8 Å². The molecule has 0 bridgehead atoms. The molecule has 2 heterocycles. The summed E-state index contributed by atoms with van der Waals surface area (Å²) >= 11 is 3.23. The fourth-order valence-electron chi connectivity index (χ4n) is 1.21. The van der Waals surface area contributed by atoms with Crippen LogP contribution in [0.2, 0.25) is 0 Å². The normalized spacial score (nSPS) is 10.7. The van der Waals surface area contributed by atoms with Crippen LogP contribution in [0.5, 0.6) is 0 Å². The van der Waals surface area contributed by atoms with Gasteiger partial charge in [-0.05, 0) is 15.9 Å². The van der Waals surface area contributed by atoms with E-state index >= 15 is 0 Å². The van der Waals surface area contributed by atoms with Crippen molar-refractivity contribution in [1.82, 2.24) is 19.6 Å². The summed E-state index contributed by atoms with van der Waals surface area (Å²) in [6.45, 7) is 0. The van der Waals surface area contributed by atoms with Gasteiger partial charge in [-0.1, -0.05) is 0 Å². The Hall–Kier alpha value is -1.50. The first-order valence-corrected chi connectivity index (χ1v) is 5.03. The number of rotatable bonds is 3. The van der Waals surface area contributed by atoms with Gasteiger partial charge in [0, 0.05) is 12.6 Å². The molecule has 0 saturated carbocycles. The molecule has 0 radical (unpaired) electrons. The summed E-state index contributed by atoms with van der Waals surface area (Å²) in [5.74, 6) is -0.227. The van der Waals surface area contributed by atoms with E-state index in [0.29, 0.717) is 22.5 Å². The summed E-state index contributed by atoms with van der Waals surface area (Å²) in [4.78, 5) is 14.4. The van der Waals surface area contributed by atoms with Crippen LogP contribution < -0.4 is 0 Å². The minimum absolute atomic E-state index is 0.0424. The summed E-state index contributed by atoms with van der Waals surface area (Å²) in [6, 6.07) is 0. The first-order chi connectivity index (χ1) is 7.16. The predicted molar refractivity (Wildman–Crippen MR) is 54.4 cm³/mol. The Morgan fingerprint density at radius 1 is 1.53 bits per heavy atom. The second-order valence-electron chi connectivity index (χ2n) is 2.95. The average molecular weight is 271 g/mol. The molecule has 0 amide bonds. The number of halogens is 1. The smallest absolute Gasteiger partial charge is 0.303 e. The van der Waals surface area contributed by atoms with Crippen molar-refractivity contribution >= 4 is 27.5 Å². The number of hydrogen-bond donors (Lipinski definition) is 1. The lowest BCUT2D eigenvalue weighted by Gasteiger charge is -1.97.